The van der Waals surface area contributed by atoms with Gasteiger partial charge >= 0.3 is 0 Å². The molecular formula is C20H20NO5+. The lowest BCUT2D eigenvalue weighted by Gasteiger charge is -2.37. The number of phenols is 2. The Morgan fingerprint density at radius 1 is 0.962 bits per heavy atom. The predicted octanol–water partition coefficient (Wildman–Crippen LogP) is 1.85. The van der Waals surface area contributed by atoms with E-state index < -0.39 is 5.78 Å². The van der Waals surface area contributed by atoms with Crippen LogP contribution in [0, 0.1) is 0 Å². The number of rotatable bonds is 2. The highest BCUT2D eigenvalue weighted by atomic mass is 16.5. The number of nitrogens with zero attached hydrogens (tertiary/aromatic N) is 1. The van der Waals surface area contributed by atoms with Crippen molar-refractivity contribution in [3.05, 3.63) is 58.1 Å². The van der Waals surface area contributed by atoms with Gasteiger partial charge in [-0.15, -0.1) is 0 Å². The number of likely N-dealkylation sites (N-methyl/N-ethyl adjacent to an activating group) is 1. The molecule has 4 rings (SSSR count). The van der Waals surface area contributed by atoms with Crippen molar-refractivity contribution in [2.45, 2.75) is 6.54 Å². The molecule has 1 fully saturated rings. The number of hydrogen-bond acceptors (Lipinski definition) is 5. The van der Waals surface area contributed by atoms with Gasteiger partial charge in [-0.2, -0.15) is 0 Å². The van der Waals surface area contributed by atoms with E-state index in [0.717, 1.165) is 23.1 Å². The van der Waals surface area contributed by atoms with Crippen molar-refractivity contribution >= 4 is 11.6 Å². The highest BCUT2D eigenvalue weighted by Gasteiger charge is 2.35. The summed E-state index contributed by atoms with van der Waals surface area (Å²) in [6, 6.07) is 7.67. The van der Waals surface area contributed by atoms with Crippen LogP contribution in [-0.2, 0) is 11.3 Å². The second kappa shape index (κ2) is 5.93. The van der Waals surface area contributed by atoms with Crippen molar-refractivity contribution in [2.24, 2.45) is 0 Å². The fourth-order valence-corrected chi connectivity index (χ4v) is 3.81. The summed E-state index contributed by atoms with van der Waals surface area (Å²) in [7, 11) is 2.11. The number of benzene rings is 2. The SMILES string of the molecule is C[N+]1(Cc2cc(O)c3c(c2)C(=O)c2cccc(O)c2C3=O)CCOCC1. The van der Waals surface area contributed by atoms with Crippen molar-refractivity contribution in [2.75, 3.05) is 33.4 Å². The summed E-state index contributed by atoms with van der Waals surface area (Å²) >= 11 is 0. The first kappa shape index (κ1) is 16.8. The van der Waals surface area contributed by atoms with E-state index in [2.05, 4.69) is 7.05 Å². The third kappa shape index (κ3) is 2.58. The van der Waals surface area contributed by atoms with Crippen LogP contribution >= 0.6 is 0 Å². The van der Waals surface area contributed by atoms with Gasteiger partial charge in [0.1, 0.15) is 31.1 Å². The number of hydrogen-bond donors (Lipinski definition) is 2. The van der Waals surface area contributed by atoms with E-state index in [1.807, 2.05) is 0 Å². The second-order valence-electron chi connectivity index (χ2n) is 7.23. The second-order valence-corrected chi connectivity index (χ2v) is 7.23. The Morgan fingerprint density at radius 2 is 1.65 bits per heavy atom. The minimum atomic E-state index is -0.525. The normalized spacial score (nSPS) is 18.3. The number of carbonyl (C=O) groups is 2. The van der Waals surface area contributed by atoms with Crippen LogP contribution in [-0.4, -0.2) is 59.6 Å². The Morgan fingerprint density at radius 3 is 2.38 bits per heavy atom. The molecule has 1 heterocycles. The zero-order valence-corrected chi connectivity index (χ0v) is 14.5. The standard InChI is InChI=1S/C20H19NO5/c1-21(5-7-26-8-6-21)11-12-9-14-18(16(23)10-12)20(25)17-13(19(14)24)3-2-4-15(17)22/h2-4,9-10H,5-8,11H2,1H3,(H-,22,23,25)/p+1. The topological polar surface area (TPSA) is 83.8 Å². The van der Waals surface area contributed by atoms with Crippen LogP contribution in [0.3, 0.4) is 0 Å². The molecule has 0 amide bonds. The third-order valence-corrected chi connectivity index (χ3v) is 5.28. The van der Waals surface area contributed by atoms with Crippen molar-refractivity contribution < 1.29 is 29.0 Å². The van der Waals surface area contributed by atoms with Gasteiger partial charge in [-0.05, 0) is 18.2 Å². The monoisotopic (exact) mass is 354 g/mol. The number of aromatic hydroxyl groups is 2. The fourth-order valence-electron chi connectivity index (χ4n) is 3.81. The molecule has 0 spiro atoms. The van der Waals surface area contributed by atoms with Crippen molar-refractivity contribution in [3.8, 4) is 11.5 Å². The lowest BCUT2D eigenvalue weighted by molar-refractivity contribution is -0.929. The molecule has 6 nitrogen and oxygen atoms in total. The number of quaternary nitrogens is 1. The van der Waals surface area contributed by atoms with E-state index in [1.165, 1.54) is 18.2 Å². The Balaban J connectivity index is 1.78. The van der Waals surface area contributed by atoms with Crippen molar-refractivity contribution in [1.29, 1.82) is 0 Å². The molecule has 2 N–H and O–H groups in total. The first-order valence-electron chi connectivity index (χ1n) is 8.58. The number of ether oxygens (including phenoxy) is 1. The summed E-state index contributed by atoms with van der Waals surface area (Å²) in [6.45, 7) is 3.69. The molecule has 134 valence electrons. The number of fused-ring (bicyclic) bond motifs is 2. The van der Waals surface area contributed by atoms with Crippen LogP contribution in [0.15, 0.2) is 30.3 Å². The van der Waals surface area contributed by atoms with E-state index >= 15 is 0 Å². The Labute approximate surface area is 150 Å². The minimum Gasteiger partial charge on any atom is -0.507 e. The molecule has 1 aliphatic heterocycles. The zero-order chi connectivity index (χ0) is 18.5. The molecule has 0 atom stereocenters. The van der Waals surface area contributed by atoms with Crippen LogP contribution in [0.1, 0.15) is 37.4 Å². The average molecular weight is 354 g/mol. The first-order chi connectivity index (χ1) is 12.4. The van der Waals surface area contributed by atoms with Crippen LogP contribution in [0.5, 0.6) is 11.5 Å². The number of ketones is 2. The van der Waals surface area contributed by atoms with E-state index in [-0.39, 0.29) is 39.5 Å². The minimum absolute atomic E-state index is 0.0302. The molecule has 2 aromatic rings. The Bertz CT molecular complexity index is 928. The van der Waals surface area contributed by atoms with Crippen LogP contribution in [0.25, 0.3) is 0 Å². The van der Waals surface area contributed by atoms with Gasteiger partial charge in [0.2, 0.25) is 5.78 Å². The van der Waals surface area contributed by atoms with E-state index in [4.69, 9.17) is 4.74 Å². The predicted molar refractivity (Wildman–Crippen MR) is 93.5 cm³/mol. The highest BCUT2D eigenvalue weighted by molar-refractivity contribution is 6.30. The molecule has 0 bridgehead atoms. The van der Waals surface area contributed by atoms with Crippen LogP contribution in [0.2, 0.25) is 0 Å². The van der Waals surface area contributed by atoms with Crippen LogP contribution in [0.4, 0.5) is 0 Å². The van der Waals surface area contributed by atoms with Gasteiger partial charge in [0, 0.05) is 16.7 Å². The zero-order valence-electron chi connectivity index (χ0n) is 14.5. The molecule has 26 heavy (non-hydrogen) atoms. The maximum atomic E-state index is 12.9. The highest BCUT2D eigenvalue weighted by Crippen LogP contribution is 2.37. The van der Waals surface area contributed by atoms with Gasteiger partial charge < -0.3 is 19.4 Å². The summed E-state index contributed by atoms with van der Waals surface area (Å²) < 4.78 is 6.16. The Kier molecular flexibility index (Phi) is 3.82. The summed E-state index contributed by atoms with van der Waals surface area (Å²) in [4.78, 5) is 25.6. The Hall–Kier alpha value is -2.70. The van der Waals surface area contributed by atoms with Gasteiger partial charge in [-0.3, -0.25) is 9.59 Å². The lowest BCUT2D eigenvalue weighted by atomic mass is 9.82. The maximum Gasteiger partial charge on any atom is 0.201 e. The fraction of sp³-hybridized carbons (Fsp3) is 0.300. The van der Waals surface area contributed by atoms with Crippen molar-refractivity contribution in [3.63, 3.8) is 0 Å². The maximum absolute atomic E-state index is 12.9. The molecule has 1 aliphatic carbocycles. The summed E-state index contributed by atoms with van der Waals surface area (Å²) in [6.07, 6.45) is 0. The van der Waals surface area contributed by atoms with Gasteiger partial charge in [-0.1, -0.05) is 12.1 Å². The molecule has 1 saturated heterocycles. The summed E-state index contributed by atoms with van der Waals surface area (Å²) in [5.41, 5.74) is 1.10. The lowest BCUT2D eigenvalue weighted by Crippen LogP contribution is -2.51. The molecule has 0 radical (unpaired) electrons. The first-order valence-corrected chi connectivity index (χ1v) is 8.58. The van der Waals surface area contributed by atoms with Crippen LogP contribution < -0.4 is 0 Å². The van der Waals surface area contributed by atoms with Gasteiger partial charge in [0.15, 0.2) is 5.78 Å². The van der Waals surface area contributed by atoms with E-state index in [1.54, 1.807) is 12.1 Å². The van der Waals surface area contributed by atoms with E-state index in [9.17, 15) is 19.8 Å². The number of phenolic OH excluding ortho intramolecular Hbond substituents is 2. The average Bonchev–Trinajstić information content (AvgIpc) is 2.59. The number of carbonyl (C=O) groups excluding carboxylic acids is 2. The van der Waals surface area contributed by atoms with E-state index in [0.29, 0.717) is 19.8 Å². The summed E-state index contributed by atoms with van der Waals surface area (Å²) in [5.74, 6) is -1.35. The van der Waals surface area contributed by atoms with Gasteiger partial charge in [0.25, 0.3) is 0 Å². The molecule has 0 aromatic heterocycles. The molecule has 2 aliphatic rings. The molecule has 6 heteroatoms. The smallest absolute Gasteiger partial charge is 0.201 e. The third-order valence-electron chi connectivity index (χ3n) is 5.28. The molecule has 2 aromatic carbocycles. The quantitative estimate of drug-likeness (QED) is 0.686. The molecule has 0 unspecified atom stereocenters. The molecule has 0 saturated carbocycles. The van der Waals surface area contributed by atoms with Crippen molar-refractivity contribution in [1.82, 2.24) is 0 Å². The van der Waals surface area contributed by atoms with Gasteiger partial charge in [0.05, 0.1) is 31.4 Å². The molecular weight excluding hydrogens is 334 g/mol. The van der Waals surface area contributed by atoms with Gasteiger partial charge in [-0.25, -0.2) is 0 Å². The summed E-state index contributed by atoms with van der Waals surface area (Å²) in [5, 5.41) is 20.5. The number of morpholine rings is 1. The largest absolute Gasteiger partial charge is 0.507 e.